The number of hydrogen-bond donors (Lipinski definition) is 2. The lowest BCUT2D eigenvalue weighted by molar-refractivity contribution is 0.0697. The van der Waals surface area contributed by atoms with Crippen LogP contribution in [0.25, 0.3) is 0 Å². The monoisotopic (exact) mass is 312 g/mol. The summed E-state index contributed by atoms with van der Waals surface area (Å²) in [7, 11) is 1.70. The van der Waals surface area contributed by atoms with Crippen LogP contribution in [0, 0.1) is 0 Å². The lowest BCUT2D eigenvalue weighted by Crippen LogP contribution is -2.43. The van der Waals surface area contributed by atoms with Gasteiger partial charge < -0.3 is 15.1 Å². The second-order valence-corrected chi connectivity index (χ2v) is 5.41. The van der Waals surface area contributed by atoms with Gasteiger partial charge in [-0.1, -0.05) is 0 Å². The maximum Gasteiger partial charge on any atom is 0.335 e. The molecule has 1 aromatic rings. The normalized spacial score (nSPS) is 10.2. The Balaban J connectivity index is 2.89. The molecule has 0 unspecified atom stereocenters. The zero-order valence-corrected chi connectivity index (χ0v) is 13.0. The number of thioether (sulfide) groups is 1. The number of aromatic carboxylic acids is 1. The van der Waals surface area contributed by atoms with Gasteiger partial charge in [0.15, 0.2) is 0 Å². The van der Waals surface area contributed by atoms with Crippen LogP contribution in [0.4, 0.5) is 10.5 Å². The van der Waals surface area contributed by atoms with Gasteiger partial charge in [-0.3, -0.25) is 4.90 Å². The van der Waals surface area contributed by atoms with Crippen molar-refractivity contribution < 1.29 is 19.8 Å². The van der Waals surface area contributed by atoms with Crippen molar-refractivity contribution in [2.45, 2.75) is 0 Å². The molecule has 0 saturated heterocycles. The van der Waals surface area contributed by atoms with Crippen LogP contribution >= 0.6 is 11.8 Å². The van der Waals surface area contributed by atoms with E-state index in [0.29, 0.717) is 12.2 Å². The van der Waals surface area contributed by atoms with Gasteiger partial charge in [0.2, 0.25) is 0 Å². The molecule has 0 bridgehead atoms. The quantitative estimate of drug-likeness (QED) is 0.799. The number of carbonyl (C=O) groups is 2. The minimum absolute atomic E-state index is 0.158. The number of rotatable bonds is 7. The molecular weight excluding hydrogens is 292 g/mol. The molecule has 2 N–H and O–H groups in total. The number of carbonyl (C=O) groups excluding carboxylic acids is 1. The van der Waals surface area contributed by atoms with Crippen LogP contribution in [0.15, 0.2) is 24.3 Å². The van der Waals surface area contributed by atoms with Gasteiger partial charge >= 0.3 is 12.0 Å². The standard InChI is InChI=1S/C14H20N2O4S/c1-15(8-10-21-2)14(20)16(7-9-17)12-5-3-11(4-6-12)13(18)19/h3-6,17H,7-10H2,1-2H3,(H,18,19). The Morgan fingerprint density at radius 2 is 1.81 bits per heavy atom. The molecule has 116 valence electrons. The maximum absolute atomic E-state index is 12.4. The predicted molar refractivity (Wildman–Crippen MR) is 84.2 cm³/mol. The molecule has 0 aliphatic rings. The summed E-state index contributed by atoms with van der Waals surface area (Å²) < 4.78 is 0. The molecular formula is C14H20N2O4S. The lowest BCUT2D eigenvalue weighted by Gasteiger charge is -2.27. The van der Waals surface area contributed by atoms with E-state index in [2.05, 4.69) is 0 Å². The number of aliphatic hydroxyl groups is 1. The SMILES string of the molecule is CSCCN(C)C(=O)N(CCO)c1ccc(C(=O)O)cc1. The number of hydrogen-bond acceptors (Lipinski definition) is 4. The van der Waals surface area contributed by atoms with Crippen molar-refractivity contribution in [1.82, 2.24) is 4.90 Å². The Hall–Kier alpha value is -1.73. The highest BCUT2D eigenvalue weighted by molar-refractivity contribution is 7.98. The molecule has 0 aliphatic heterocycles. The first-order chi connectivity index (χ1) is 10.0. The van der Waals surface area contributed by atoms with Crippen LogP contribution in [-0.4, -0.2) is 65.9 Å². The molecule has 7 heteroatoms. The molecule has 0 heterocycles. The number of anilines is 1. The van der Waals surface area contributed by atoms with Gasteiger partial charge in [0.25, 0.3) is 0 Å². The second-order valence-electron chi connectivity index (χ2n) is 4.42. The highest BCUT2D eigenvalue weighted by Crippen LogP contribution is 2.17. The average Bonchev–Trinajstić information content (AvgIpc) is 2.49. The fourth-order valence-corrected chi connectivity index (χ4v) is 2.21. The first-order valence-electron chi connectivity index (χ1n) is 6.47. The summed E-state index contributed by atoms with van der Waals surface area (Å²) in [5, 5.41) is 18.0. The summed E-state index contributed by atoms with van der Waals surface area (Å²) >= 11 is 1.65. The van der Waals surface area contributed by atoms with E-state index < -0.39 is 5.97 Å². The predicted octanol–water partition coefficient (Wildman–Crippen LogP) is 1.60. The van der Waals surface area contributed by atoms with E-state index in [4.69, 9.17) is 10.2 Å². The number of aliphatic hydroxyl groups excluding tert-OH is 1. The Morgan fingerprint density at radius 3 is 2.29 bits per heavy atom. The van der Waals surface area contributed by atoms with Crippen LogP contribution in [-0.2, 0) is 0 Å². The smallest absolute Gasteiger partial charge is 0.335 e. The van der Waals surface area contributed by atoms with Crippen molar-refractivity contribution in [2.24, 2.45) is 0 Å². The zero-order chi connectivity index (χ0) is 15.8. The minimum atomic E-state index is -1.02. The molecule has 0 saturated carbocycles. The van der Waals surface area contributed by atoms with Gasteiger partial charge in [-0.15, -0.1) is 0 Å². The Kier molecular flexibility index (Phi) is 7.04. The van der Waals surface area contributed by atoms with Gasteiger partial charge in [0.1, 0.15) is 0 Å². The Bertz CT molecular complexity index is 478. The summed E-state index contributed by atoms with van der Waals surface area (Å²) in [6.45, 7) is 0.604. The molecule has 1 rings (SSSR count). The highest BCUT2D eigenvalue weighted by atomic mass is 32.2. The summed E-state index contributed by atoms with van der Waals surface area (Å²) in [5.41, 5.74) is 0.723. The number of carboxylic acids is 1. The third-order valence-electron chi connectivity index (χ3n) is 2.94. The molecule has 2 amide bonds. The largest absolute Gasteiger partial charge is 0.478 e. The van der Waals surface area contributed by atoms with Crippen molar-refractivity contribution in [3.8, 4) is 0 Å². The van der Waals surface area contributed by atoms with Gasteiger partial charge in [-0.25, -0.2) is 9.59 Å². The van der Waals surface area contributed by atoms with Crippen molar-refractivity contribution >= 4 is 29.4 Å². The van der Waals surface area contributed by atoms with E-state index in [1.165, 1.54) is 17.0 Å². The molecule has 21 heavy (non-hydrogen) atoms. The molecule has 6 nitrogen and oxygen atoms in total. The van der Waals surface area contributed by atoms with Crippen LogP contribution < -0.4 is 4.90 Å². The van der Waals surface area contributed by atoms with E-state index in [9.17, 15) is 9.59 Å². The highest BCUT2D eigenvalue weighted by Gasteiger charge is 2.19. The van der Waals surface area contributed by atoms with E-state index in [-0.39, 0.29) is 24.7 Å². The third kappa shape index (κ3) is 4.95. The first kappa shape index (κ1) is 17.3. The Morgan fingerprint density at radius 1 is 1.19 bits per heavy atom. The van der Waals surface area contributed by atoms with Gasteiger partial charge in [-0.2, -0.15) is 11.8 Å². The number of carboxylic acid groups (broad SMARTS) is 1. The summed E-state index contributed by atoms with van der Waals surface area (Å²) in [4.78, 5) is 26.2. The zero-order valence-electron chi connectivity index (χ0n) is 12.2. The molecule has 0 radical (unpaired) electrons. The number of benzene rings is 1. The van der Waals surface area contributed by atoms with Gasteiger partial charge in [-0.05, 0) is 30.5 Å². The fraction of sp³-hybridized carbons (Fsp3) is 0.429. The molecule has 0 atom stereocenters. The molecule has 0 aliphatic carbocycles. The second kappa shape index (κ2) is 8.53. The van der Waals surface area contributed by atoms with Crippen LogP contribution in [0.1, 0.15) is 10.4 Å². The number of urea groups is 1. The van der Waals surface area contributed by atoms with Gasteiger partial charge in [0.05, 0.1) is 18.7 Å². The number of amides is 2. The van der Waals surface area contributed by atoms with Crippen LogP contribution in [0.3, 0.4) is 0 Å². The van der Waals surface area contributed by atoms with E-state index in [0.717, 1.165) is 5.75 Å². The average molecular weight is 312 g/mol. The van der Waals surface area contributed by atoms with E-state index in [1.807, 2.05) is 6.26 Å². The van der Waals surface area contributed by atoms with Crippen LogP contribution in [0.5, 0.6) is 0 Å². The lowest BCUT2D eigenvalue weighted by atomic mass is 10.2. The number of nitrogens with zero attached hydrogens (tertiary/aromatic N) is 2. The minimum Gasteiger partial charge on any atom is -0.478 e. The topological polar surface area (TPSA) is 81.1 Å². The summed E-state index contributed by atoms with van der Waals surface area (Å²) in [6, 6.07) is 5.80. The van der Waals surface area contributed by atoms with Crippen molar-refractivity contribution in [3.63, 3.8) is 0 Å². The molecule has 0 aromatic heterocycles. The van der Waals surface area contributed by atoms with Crippen molar-refractivity contribution in [2.75, 3.05) is 43.7 Å². The summed E-state index contributed by atoms with van der Waals surface area (Å²) in [5.74, 6) is -0.189. The fourth-order valence-electron chi connectivity index (χ4n) is 1.75. The molecule has 1 aromatic carbocycles. The molecule has 0 fully saturated rings. The van der Waals surface area contributed by atoms with Crippen LogP contribution in [0.2, 0.25) is 0 Å². The van der Waals surface area contributed by atoms with E-state index >= 15 is 0 Å². The van der Waals surface area contributed by atoms with Crippen molar-refractivity contribution in [3.05, 3.63) is 29.8 Å². The van der Waals surface area contributed by atoms with Gasteiger partial charge in [0, 0.05) is 25.0 Å². The van der Waals surface area contributed by atoms with E-state index in [1.54, 1.807) is 35.8 Å². The Labute approximate surface area is 128 Å². The van der Waals surface area contributed by atoms with Crippen molar-refractivity contribution in [1.29, 1.82) is 0 Å². The summed E-state index contributed by atoms with van der Waals surface area (Å²) in [6.07, 6.45) is 1.97. The third-order valence-corrected chi connectivity index (χ3v) is 3.53. The first-order valence-corrected chi connectivity index (χ1v) is 7.86. The maximum atomic E-state index is 12.4. The molecule has 0 spiro atoms.